The third-order valence-electron chi connectivity index (χ3n) is 2.14. The molecule has 0 radical (unpaired) electrons. The van der Waals surface area contributed by atoms with Gasteiger partial charge >= 0.3 is 11.9 Å². The topological polar surface area (TPSA) is 52.6 Å². The molecule has 0 aliphatic carbocycles. The van der Waals surface area contributed by atoms with Gasteiger partial charge in [-0.15, -0.1) is 0 Å². The Balaban J connectivity index is 5.03. The van der Waals surface area contributed by atoms with Crippen LogP contribution in [0.15, 0.2) is 11.6 Å². The lowest BCUT2D eigenvalue weighted by atomic mass is 10.0. The zero-order chi connectivity index (χ0) is 16.1. The van der Waals surface area contributed by atoms with E-state index < -0.39 is 29.1 Å². The first-order valence-corrected chi connectivity index (χ1v) is 6.91. The fraction of sp³-hybridized carbons (Fsp3) is 0.750. The van der Waals surface area contributed by atoms with E-state index in [1.165, 1.54) is 0 Å². The Hall–Kier alpha value is -1.32. The highest BCUT2D eigenvalue weighted by atomic mass is 16.6. The second-order valence-corrected chi connectivity index (χ2v) is 7.14. The van der Waals surface area contributed by atoms with Crippen molar-refractivity contribution in [3.05, 3.63) is 11.6 Å². The minimum atomic E-state index is -0.914. The Kier molecular flexibility index (Phi) is 6.45. The van der Waals surface area contributed by atoms with E-state index in [0.29, 0.717) is 6.42 Å². The Morgan fingerprint density at radius 1 is 0.900 bits per heavy atom. The third-order valence-corrected chi connectivity index (χ3v) is 2.14. The number of rotatable bonds is 4. The average Bonchev–Trinajstić information content (AvgIpc) is 2.10. The van der Waals surface area contributed by atoms with Crippen molar-refractivity contribution in [1.29, 1.82) is 0 Å². The molecule has 0 saturated heterocycles. The minimum absolute atomic E-state index is 0.298. The molecular weight excluding hydrogens is 256 g/mol. The fourth-order valence-corrected chi connectivity index (χ4v) is 1.39. The van der Waals surface area contributed by atoms with Crippen molar-refractivity contribution in [2.45, 2.75) is 73.0 Å². The molecule has 0 aromatic carbocycles. The summed E-state index contributed by atoms with van der Waals surface area (Å²) in [4.78, 5) is 24.3. The van der Waals surface area contributed by atoms with Crippen molar-refractivity contribution in [2.75, 3.05) is 0 Å². The molecule has 20 heavy (non-hydrogen) atoms. The van der Waals surface area contributed by atoms with Gasteiger partial charge in [0.2, 0.25) is 0 Å². The summed E-state index contributed by atoms with van der Waals surface area (Å²) in [6.07, 6.45) is 2.14. The molecule has 0 saturated carbocycles. The number of carbonyl (C=O) groups is 2. The smallest absolute Gasteiger partial charge is 0.321 e. The fourth-order valence-electron chi connectivity index (χ4n) is 1.39. The molecule has 0 amide bonds. The Morgan fingerprint density at radius 2 is 1.25 bits per heavy atom. The van der Waals surface area contributed by atoms with E-state index in [1.807, 2.05) is 19.9 Å². The van der Waals surface area contributed by atoms with Crippen LogP contribution < -0.4 is 0 Å². The van der Waals surface area contributed by atoms with Crippen LogP contribution in [0, 0.1) is 5.92 Å². The summed E-state index contributed by atoms with van der Waals surface area (Å²) in [6, 6.07) is 0. The van der Waals surface area contributed by atoms with Crippen LogP contribution in [0.1, 0.15) is 61.8 Å². The molecule has 0 bridgehead atoms. The van der Waals surface area contributed by atoms with Gasteiger partial charge in [0.15, 0.2) is 5.92 Å². The van der Waals surface area contributed by atoms with Gasteiger partial charge in [0.05, 0.1) is 0 Å². The molecule has 116 valence electrons. The zero-order valence-corrected chi connectivity index (χ0v) is 14.0. The standard InChI is InChI=1S/C16H28O4/c1-11(2)9-10-12(13(17)19-15(3,4)5)14(18)20-16(6,7)8/h9,12H,10H2,1-8H3. The minimum Gasteiger partial charge on any atom is -0.459 e. The molecule has 0 heterocycles. The summed E-state index contributed by atoms with van der Waals surface area (Å²) in [7, 11) is 0. The summed E-state index contributed by atoms with van der Waals surface area (Å²) in [5, 5.41) is 0. The molecule has 0 aromatic rings. The second kappa shape index (κ2) is 6.91. The van der Waals surface area contributed by atoms with Crippen LogP contribution in [0.5, 0.6) is 0 Å². The Bertz CT molecular complexity index is 348. The van der Waals surface area contributed by atoms with Gasteiger partial charge in [0.25, 0.3) is 0 Å². The second-order valence-electron chi connectivity index (χ2n) is 7.14. The van der Waals surface area contributed by atoms with Crippen LogP contribution in [0.25, 0.3) is 0 Å². The van der Waals surface area contributed by atoms with Gasteiger partial charge in [-0.3, -0.25) is 9.59 Å². The largest absolute Gasteiger partial charge is 0.459 e. The van der Waals surface area contributed by atoms with Crippen LogP contribution in [0.2, 0.25) is 0 Å². The van der Waals surface area contributed by atoms with Crippen LogP contribution in [-0.2, 0) is 19.1 Å². The van der Waals surface area contributed by atoms with E-state index in [4.69, 9.17) is 9.47 Å². The van der Waals surface area contributed by atoms with Crippen LogP contribution >= 0.6 is 0 Å². The molecule has 0 atom stereocenters. The maximum Gasteiger partial charge on any atom is 0.321 e. The highest BCUT2D eigenvalue weighted by Crippen LogP contribution is 2.19. The van der Waals surface area contributed by atoms with Gasteiger partial charge in [-0.2, -0.15) is 0 Å². The highest BCUT2D eigenvalue weighted by Gasteiger charge is 2.33. The summed E-state index contributed by atoms with van der Waals surface area (Å²) in [6.45, 7) is 14.5. The Morgan fingerprint density at radius 3 is 1.50 bits per heavy atom. The van der Waals surface area contributed by atoms with Gasteiger partial charge in [-0.25, -0.2) is 0 Å². The number of esters is 2. The first-order valence-electron chi connectivity index (χ1n) is 6.91. The van der Waals surface area contributed by atoms with Gasteiger partial charge in [-0.1, -0.05) is 11.6 Å². The van der Waals surface area contributed by atoms with Gasteiger partial charge < -0.3 is 9.47 Å². The highest BCUT2D eigenvalue weighted by molar-refractivity contribution is 5.95. The van der Waals surface area contributed by atoms with Crippen LogP contribution in [0.3, 0.4) is 0 Å². The molecule has 4 nitrogen and oxygen atoms in total. The van der Waals surface area contributed by atoms with Gasteiger partial charge in [0, 0.05) is 0 Å². The van der Waals surface area contributed by atoms with Gasteiger partial charge in [-0.05, 0) is 61.8 Å². The summed E-state index contributed by atoms with van der Waals surface area (Å²) in [5.74, 6) is -1.99. The summed E-state index contributed by atoms with van der Waals surface area (Å²) < 4.78 is 10.6. The number of carbonyl (C=O) groups excluding carboxylic acids is 2. The van der Waals surface area contributed by atoms with Crippen molar-refractivity contribution in [2.24, 2.45) is 5.92 Å². The third kappa shape index (κ3) is 8.73. The monoisotopic (exact) mass is 284 g/mol. The Labute approximate surface area is 122 Å². The number of ether oxygens (including phenoxy) is 2. The molecule has 0 fully saturated rings. The number of allylic oxidation sites excluding steroid dienone is 2. The van der Waals surface area contributed by atoms with Crippen molar-refractivity contribution in [3.63, 3.8) is 0 Å². The van der Waals surface area contributed by atoms with E-state index in [1.54, 1.807) is 41.5 Å². The quantitative estimate of drug-likeness (QED) is 0.449. The first-order chi connectivity index (χ1) is 8.82. The number of hydrogen-bond acceptors (Lipinski definition) is 4. The normalized spacial score (nSPS) is 12.1. The van der Waals surface area contributed by atoms with Crippen LogP contribution in [0.4, 0.5) is 0 Å². The molecule has 0 spiro atoms. The lowest BCUT2D eigenvalue weighted by Crippen LogP contribution is -2.36. The van der Waals surface area contributed by atoms with Crippen molar-refractivity contribution in [3.8, 4) is 0 Å². The molecule has 0 N–H and O–H groups in total. The SMILES string of the molecule is CC(C)=CCC(C(=O)OC(C)(C)C)C(=O)OC(C)(C)C. The molecule has 0 rings (SSSR count). The molecule has 0 aliphatic rings. The van der Waals surface area contributed by atoms with Crippen molar-refractivity contribution < 1.29 is 19.1 Å². The molecular formula is C16H28O4. The molecule has 0 aromatic heterocycles. The van der Waals surface area contributed by atoms with E-state index in [0.717, 1.165) is 5.57 Å². The molecule has 4 heteroatoms. The first kappa shape index (κ1) is 18.7. The van der Waals surface area contributed by atoms with E-state index in [-0.39, 0.29) is 0 Å². The van der Waals surface area contributed by atoms with E-state index in [2.05, 4.69) is 0 Å². The predicted octanol–water partition coefficient (Wildman–Crippen LogP) is 3.64. The predicted molar refractivity (Wildman–Crippen MR) is 79.2 cm³/mol. The molecule has 0 unspecified atom stereocenters. The lowest BCUT2D eigenvalue weighted by Gasteiger charge is -2.25. The maximum absolute atomic E-state index is 12.1. The van der Waals surface area contributed by atoms with E-state index >= 15 is 0 Å². The zero-order valence-electron chi connectivity index (χ0n) is 14.0. The van der Waals surface area contributed by atoms with Gasteiger partial charge in [0.1, 0.15) is 11.2 Å². The maximum atomic E-state index is 12.1. The summed E-state index contributed by atoms with van der Waals surface area (Å²) >= 11 is 0. The van der Waals surface area contributed by atoms with E-state index in [9.17, 15) is 9.59 Å². The van der Waals surface area contributed by atoms with Crippen molar-refractivity contribution in [1.82, 2.24) is 0 Å². The van der Waals surface area contributed by atoms with Crippen LogP contribution in [-0.4, -0.2) is 23.1 Å². The van der Waals surface area contributed by atoms with Crippen molar-refractivity contribution >= 4 is 11.9 Å². The number of hydrogen-bond donors (Lipinski definition) is 0. The lowest BCUT2D eigenvalue weighted by molar-refractivity contribution is -0.174. The average molecular weight is 284 g/mol. The molecule has 0 aliphatic heterocycles. The summed E-state index contributed by atoms with van der Waals surface area (Å²) in [5.41, 5.74) is -0.202.